The summed E-state index contributed by atoms with van der Waals surface area (Å²) in [6.45, 7) is 8.84. The molecule has 1 rings (SSSR count). The maximum absolute atomic E-state index is 11.9. The smallest absolute Gasteiger partial charge is 0.324 e. The molecule has 0 aromatic rings. The van der Waals surface area contributed by atoms with Crippen molar-refractivity contribution >= 4 is 5.97 Å². The van der Waals surface area contributed by atoms with E-state index in [2.05, 4.69) is 31.2 Å². The van der Waals surface area contributed by atoms with Crippen LogP contribution in [0.4, 0.5) is 0 Å². The zero-order chi connectivity index (χ0) is 13.5. The van der Waals surface area contributed by atoms with Crippen molar-refractivity contribution in [1.82, 2.24) is 10.4 Å². The summed E-state index contributed by atoms with van der Waals surface area (Å²) < 4.78 is 5.14. The predicted octanol–water partition coefficient (Wildman–Crippen LogP) is 2.49. The topological polar surface area (TPSA) is 41.6 Å². The Balaban J connectivity index is 2.60. The molecular weight excluding hydrogens is 228 g/mol. The van der Waals surface area contributed by atoms with Gasteiger partial charge in [0.05, 0.1) is 6.61 Å². The summed E-state index contributed by atoms with van der Waals surface area (Å²) in [5, 5.41) is 2.25. The van der Waals surface area contributed by atoms with Crippen LogP contribution in [0.3, 0.4) is 0 Å². The number of carbonyl (C=O) groups is 1. The van der Waals surface area contributed by atoms with E-state index in [-0.39, 0.29) is 12.0 Å². The standard InChI is InChI=1S/C14H28N2O2/c1-5-8-13(14(17)18-6-2)15-16-11(3)9-7-10-12(16)4/h11-13,15H,5-10H2,1-4H3. The molecule has 4 nitrogen and oxygen atoms in total. The fourth-order valence-corrected chi connectivity index (χ4v) is 2.62. The molecule has 0 bridgehead atoms. The highest BCUT2D eigenvalue weighted by atomic mass is 16.5. The van der Waals surface area contributed by atoms with Crippen LogP contribution in [-0.2, 0) is 9.53 Å². The fourth-order valence-electron chi connectivity index (χ4n) is 2.62. The van der Waals surface area contributed by atoms with Crippen LogP contribution in [0.25, 0.3) is 0 Å². The number of nitrogens with one attached hydrogen (secondary N) is 1. The summed E-state index contributed by atoms with van der Waals surface area (Å²) in [6, 6.07) is 0.781. The van der Waals surface area contributed by atoms with E-state index in [1.54, 1.807) is 0 Å². The number of nitrogens with zero attached hydrogens (tertiary/aromatic N) is 1. The van der Waals surface area contributed by atoms with Crippen LogP contribution in [0.1, 0.15) is 59.8 Å². The first-order valence-electron chi connectivity index (χ1n) is 7.31. The second kappa shape index (κ2) is 7.74. The zero-order valence-electron chi connectivity index (χ0n) is 12.2. The van der Waals surface area contributed by atoms with Gasteiger partial charge in [-0.15, -0.1) is 0 Å². The lowest BCUT2D eigenvalue weighted by atomic mass is 9.99. The van der Waals surface area contributed by atoms with Crippen molar-refractivity contribution < 1.29 is 9.53 Å². The Labute approximate surface area is 111 Å². The third-order valence-corrected chi connectivity index (χ3v) is 3.65. The van der Waals surface area contributed by atoms with E-state index in [0.717, 1.165) is 12.8 Å². The average molecular weight is 256 g/mol. The van der Waals surface area contributed by atoms with Crippen molar-refractivity contribution in [2.75, 3.05) is 6.61 Å². The quantitative estimate of drug-likeness (QED) is 0.741. The number of hydrazine groups is 1. The average Bonchev–Trinajstić information content (AvgIpc) is 2.33. The molecule has 0 saturated carbocycles. The van der Waals surface area contributed by atoms with Gasteiger partial charge in [0.2, 0.25) is 0 Å². The van der Waals surface area contributed by atoms with Gasteiger partial charge in [0.15, 0.2) is 0 Å². The monoisotopic (exact) mass is 256 g/mol. The van der Waals surface area contributed by atoms with Gasteiger partial charge in [-0.2, -0.15) is 0 Å². The second-order valence-electron chi connectivity index (χ2n) is 5.26. The number of ether oxygens (including phenoxy) is 1. The van der Waals surface area contributed by atoms with Crippen LogP contribution < -0.4 is 5.43 Å². The third kappa shape index (κ3) is 4.25. The van der Waals surface area contributed by atoms with Crippen molar-refractivity contribution in [3.8, 4) is 0 Å². The first kappa shape index (κ1) is 15.4. The number of hydrogen-bond acceptors (Lipinski definition) is 4. The molecule has 106 valence electrons. The third-order valence-electron chi connectivity index (χ3n) is 3.65. The minimum absolute atomic E-state index is 0.121. The number of rotatable bonds is 6. The highest BCUT2D eigenvalue weighted by Crippen LogP contribution is 2.21. The lowest BCUT2D eigenvalue weighted by Gasteiger charge is -2.40. The molecule has 0 aromatic heterocycles. The molecule has 0 radical (unpaired) electrons. The van der Waals surface area contributed by atoms with Crippen LogP contribution in [0.2, 0.25) is 0 Å². The molecule has 1 fully saturated rings. The molecule has 1 aliphatic rings. The number of piperidine rings is 1. The highest BCUT2D eigenvalue weighted by molar-refractivity contribution is 5.75. The first-order chi connectivity index (χ1) is 8.60. The molecule has 0 aliphatic carbocycles. The van der Waals surface area contributed by atoms with Gasteiger partial charge in [-0.1, -0.05) is 19.8 Å². The van der Waals surface area contributed by atoms with Crippen molar-refractivity contribution in [2.45, 2.75) is 77.9 Å². The van der Waals surface area contributed by atoms with Gasteiger partial charge in [-0.3, -0.25) is 4.79 Å². The number of esters is 1. The van der Waals surface area contributed by atoms with Crippen molar-refractivity contribution in [3.63, 3.8) is 0 Å². The summed E-state index contributed by atoms with van der Waals surface area (Å²) in [4.78, 5) is 11.9. The Morgan fingerprint density at radius 1 is 1.33 bits per heavy atom. The number of carbonyl (C=O) groups excluding carboxylic acids is 1. The van der Waals surface area contributed by atoms with Crippen molar-refractivity contribution in [1.29, 1.82) is 0 Å². The Bertz CT molecular complexity index is 248. The minimum Gasteiger partial charge on any atom is -0.465 e. The van der Waals surface area contributed by atoms with Gasteiger partial charge < -0.3 is 4.74 Å². The Morgan fingerprint density at radius 2 is 1.94 bits per heavy atom. The summed E-state index contributed by atoms with van der Waals surface area (Å²) in [7, 11) is 0. The maximum atomic E-state index is 11.9. The van der Waals surface area contributed by atoms with Crippen LogP contribution in [-0.4, -0.2) is 35.7 Å². The van der Waals surface area contributed by atoms with E-state index < -0.39 is 0 Å². The van der Waals surface area contributed by atoms with E-state index in [1.165, 1.54) is 19.3 Å². The lowest BCUT2D eigenvalue weighted by molar-refractivity contribution is -0.148. The summed E-state index contributed by atoms with van der Waals surface area (Å²) in [5.74, 6) is -0.121. The van der Waals surface area contributed by atoms with E-state index >= 15 is 0 Å². The van der Waals surface area contributed by atoms with E-state index in [9.17, 15) is 4.79 Å². The molecule has 1 N–H and O–H groups in total. The van der Waals surface area contributed by atoms with Crippen LogP contribution >= 0.6 is 0 Å². The molecule has 3 unspecified atom stereocenters. The minimum atomic E-state index is -0.196. The second-order valence-corrected chi connectivity index (χ2v) is 5.26. The molecular formula is C14H28N2O2. The molecule has 18 heavy (non-hydrogen) atoms. The van der Waals surface area contributed by atoms with E-state index in [1.807, 2.05) is 6.92 Å². The largest absolute Gasteiger partial charge is 0.465 e. The van der Waals surface area contributed by atoms with Gasteiger partial charge in [0.25, 0.3) is 0 Å². The van der Waals surface area contributed by atoms with Gasteiger partial charge in [0.1, 0.15) is 6.04 Å². The Hall–Kier alpha value is -0.610. The molecule has 3 atom stereocenters. The fraction of sp³-hybridized carbons (Fsp3) is 0.929. The first-order valence-corrected chi connectivity index (χ1v) is 7.31. The highest BCUT2D eigenvalue weighted by Gasteiger charge is 2.29. The molecule has 0 aromatic carbocycles. The lowest BCUT2D eigenvalue weighted by Crippen LogP contribution is -2.57. The van der Waals surface area contributed by atoms with Crippen molar-refractivity contribution in [2.24, 2.45) is 0 Å². The van der Waals surface area contributed by atoms with Gasteiger partial charge in [0, 0.05) is 12.1 Å². The van der Waals surface area contributed by atoms with Crippen LogP contribution in [0, 0.1) is 0 Å². The summed E-state index contributed by atoms with van der Waals surface area (Å²) >= 11 is 0. The van der Waals surface area contributed by atoms with E-state index in [4.69, 9.17) is 4.74 Å². The number of hydrogen-bond donors (Lipinski definition) is 1. The SMILES string of the molecule is CCCC(NN1C(C)CCCC1C)C(=O)OCC. The van der Waals surface area contributed by atoms with Crippen LogP contribution in [0.5, 0.6) is 0 Å². The predicted molar refractivity (Wildman–Crippen MR) is 73.1 cm³/mol. The molecule has 4 heteroatoms. The summed E-state index contributed by atoms with van der Waals surface area (Å²) in [5.41, 5.74) is 3.40. The van der Waals surface area contributed by atoms with E-state index in [0.29, 0.717) is 18.7 Å². The maximum Gasteiger partial charge on any atom is 0.324 e. The molecule has 0 spiro atoms. The Kier molecular flexibility index (Phi) is 6.65. The summed E-state index contributed by atoms with van der Waals surface area (Å²) in [6.07, 6.45) is 5.47. The van der Waals surface area contributed by atoms with Crippen LogP contribution in [0.15, 0.2) is 0 Å². The normalized spacial score (nSPS) is 26.9. The van der Waals surface area contributed by atoms with Gasteiger partial charge in [-0.05, 0) is 40.0 Å². The molecule has 1 aliphatic heterocycles. The molecule has 1 saturated heterocycles. The molecule has 1 heterocycles. The zero-order valence-corrected chi connectivity index (χ0v) is 12.2. The van der Waals surface area contributed by atoms with Gasteiger partial charge >= 0.3 is 5.97 Å². The molecule has 0 amide bonds. The van der Waals surface area contributed by atoms with Gasteiger partial charge in [-0.25, -0.2) is 10.4 Å². The Morgan fingerprint density at radius 3 is 2.44 bits per heavy atom. The van der Waals surface area contributed by atoms with Crippen molar-refractivity contribution in [3.05, 3.63) is 0 Å².